The molecule has 34 heavy (non-hydrogen) atoms. The number of rotatable bonds is 5. The molecule has 1 aliphatic rings. The van der Waals surface area contributed by atoms with Gasteiger partial charge in [-0.15, -0.1) is 0 Å². The summed E-state index contributed by atoms with van der Waals surface area (Å²) in [6.07, 6.45) is 2.48. The molecule has 0 bridgehead atoms. The minimum absolute atomic E-state index is 0.00600. The van der Waals surface area contributed by atoms with E-state index < -0.39 is 11.8 Å². The largest absolute Gasteiger partial charge is 0.495 e. The number of thiocarbonyl (C=S) groups is 1. The van der Waals surface area contributed by atoms with E-state index in [9.17, 15) is 9.59 Å². The van der Waals surface area contributed by atoms with Crippen LogP contribution < -0.4 is 15.0 Å². The van der Waals surface area contributed by atoms with Gasteiger partial charge in [-0.1, -0.05) is 30.7 Å². The minimum atomic E-state index is -0.526. The Balaban J connectivity index is 1.77. The van der Waals surface area contributed by atoms with Crippen LogP contribution in [0.25, 0.3) is 11.8 Å². The van der Waals surface area contributed by atoms with E-state index in [4.69, 9.17) is 28.6 Å². The first-order valence-corrected chi connectivity index (χ1v) is 11.6. The van der Waals surface area contributed by atoms with Crippen molar-refractivity contribution in [2.24, 2.45) is 0 Å². The Hall–Kier alpha value is -3.42. The molecule has 0 saturated carbocycles. The Labute approximate surface area is 208 Å². The summed E-state index contributed by atoms with van der Waals surface area (Å²) in [6, 6.07) is 14.8. The highest BCUT2D eigenvalue weighted by atomic mass is 35.5. The second-order valence-electron chi connectivity index (χ2n) is 7.96. The van der Waals surface area contributed by atoms with Crippen molar-refractivity contribution in [1.29, 1.82) is 0 Å². The maximum Gasteiger partial charge on any atom is 0.270 e. The topological polar surface area (TPSA) is 63.6 Å². The lowest BCUT2D eigenvalue weighted by molar-refractivity contribution is -0.122. The molecule has 3 aromatic rings. The van der Waals surface area contributed by atoms with E-state index >= 15 is 0 Å². The van der Waals surface area contributed by atoms with Crippen molar-refractivity contribution >= 4 is 52.5 Å². The number of anilines is 1. The second kappa shape index (κ2) is 9.44. The molecule has 1 aromatic heterocycles. The summed E-state index contributed by atoms with van der Waals surface area (Å²) in [5, 5.41) is 3.27. The van der Waals surface area contributed by atoms with Gasteiger partial charge in [0.1, 0.15) is 11.3 Å². The molecule has 0 radical (unpaired) electrons. The maximum absolute atomic E-state index is 13.4. The molecule has 0 spiro atoms. The molecule has 8 heteroatoms. The molecule has 2 aromatic carbocycles. The molecule has 1 N–H and O–H groups in total. The Morgan fingerprint density at radius 1 is 1.09 bits per heavy atom. The monoisotopic (exact) mass is 493 g/mol. The van der Waals surface area contributed by atoms with Gasteiger partial charge in [-0.05, 0) is 86.1 Å². The van der Waals surface area contributed by atoms with Crippen LogP contribution in [0.4, 0.5) is 5.69 Å². The van der Waals surface area contributed by atoms with Crippen LogP contribution in [0.1, 0.15) is 29.4 Å². The minimum Gasteiger partial charge on any atom is -0.495 e. The number of carbonyl (C=O) groups excluding carboxylic acids is 2. The van der Waals surface area contributed by atoms with Gasteiger partial charge in [0.25, 0.3) is 11.8 Å². The number of methoxy groups -OCH3 is 1. The summed E-state index contributed by atoms with van der Waals surface area (Å²) in [6.45, 7) is 5.91. The summed E-state index contributed by atoms with van der Waals surface area (Å²) < 4.78 is 7.50. The number of amides is 2. The van der Waals surface area contributed by atoms with E-state index in [1.807, 2.05) is 54.8 Å². The SMILES string of the molecule is CCc1ccc(N2C(=O)/C(=C/c3cc(C)n(-c4cc(Cl)ccc4OC)c3C)C(=O)NC2=S)cc1. The Morgan fingerprint density at radius 3 is 2.44 bits per heavy atom. The second-order valence-corrected chi connectivity index (χ2v) is 8.78. The fraction of sp³-hybridized carbons (Fsp3) is 0.192. The molecule has 2 amide bonds. The molecule has 0 aliphatic carbocycles. The normalized spacial score (nSPS) is 15.1. The first-order valence-electron chi connectivity index (χ1n) is 10.8. The van der Waals surface area contributed by atoms with Gasteiger partial charge in [-0.25, -0.2) is 0 Å². The zero-order valence-corrected chi connectivity index (χ0v) is 20.9. The average molecular weight is 494 g/mol. The molecular formula is C26H24ClN3O3S. The first-order chi connectivity index (χ1) is 16.2. The third-order valence-corrected chi connectivity index (χ3v) is 6.38. The zero-order valence-electron chi connectivity index (χ0n) is 19.3. The highest BCUT2D eigenvalue weighted by Gasteiger charge is 2.34. The molecule has 2 heterocycles. The number of nitrogens with one attached hydrogen (secondary N) is 1. The summed E-state index contributed by atoms with van der Waals surface area (Å²) in [4.78, 5) is 27.5. The quantitative estimate of drug-likeness (QED) is 0.303. The van der Waals surface area contributed by atoms with E-state index in [1.165, 1.54) is 4.90 Å². The third-order valence-electron chi connectivity index (χ3n) is 5.86. The summed E-state index contributed by atoms with van der Waals surface area (Å²) >= 11 is 11.6. The standard InChI is InChI=1S/C26H24ClN3O3S/c1-5-17-6-9-20(10-7-17)30-25(32)21(24(31)28-26(30)34)13-18-12-15(2)29(16(18)3)22-14-19(27)8-11-23(22)33-4/h6-14H,5H2,1-4H3,(H,28,31,34)/b21-13+. The first kappa shape index (κ1) is 23.7. The van der Waals surface area contributed by atoms with E-state index in [-0.39, 0.29) is 10.7 Å². The van der Waals surface area contributed by atoms with Gasteiger partial charge in [-0.2, -0.15) is 0 Å². The van der Waals surface area contributed by atoms with Crippen molar-refractivity contribution in [2.45, 2.75) is 27.2 Å². The number of halogens is 1. The van der Waals surface area contributed by atoms with E-state index in [1.54, 1.807) is 25.3 Å². The Bertz CT molecular complexity index is 1340. The lowest BCUT2D eigenvalue weighted by atomic mass is 10.1. The van der Waals surface area contributed by atoms with E-state index in [2.05, 4.69) is 12.2 Å². The van der Waals surface area contributed by atoms with Gasteiger partial charge in [0, 0.05) is 16.4 Å². The highest BCUT2D eigenvalue weighted by Crippen LogP contribution is 2.32. The molecule has 1 saturated heterocycles. The number of nitrogens with zero attached hydrogens (tertiary/aromatic N) is 2. The Morgan fingerprint density at radius 2 is 1.79 bits per heavy atom. The summed E-state index contributed by atoms with van der Waals surface area (Å²) in [5.74, 6) is -0.339. The highest BCUT2D eigenvalue weighted by molar-refractivity contribution is 7.80. The van der Waals surface area contributed by atoms with Crippen molar-refractivity contribution in [3.05, 3.63) is 81.6 Å². The van der Waals surface area contributed by atoms with Gasteiger partial charge in [0.2, 0.25) is 0 Å². The van der Waals surface area contributed by atoms with Crippen LogP contribution in [-0.2, 0) is 16.0 Å². The number of carbonyl (C=O) groups is 2. The average Bonchev–Trinajstić information content (AvgIpc) is 3.09. The van der Waals surface area contributed by atoms with Crippen molar-refractivity contribution in [3.63, 3.8) is 0 Å². The number of hydrogen-bond donors (Lipinski definition) is 1. The van der Waals surface area contributed by atoms with Crippen LogP contribution in [0.3, 0.4) is 0 Å². The molecule has 1 aliphatic heterocycles. The molecule has 174 valence electrons. The van der Waals surface area contributed by atoms with Crippen LogP contribution in [0.15, 0.2) is 54.1 Å². The van der Waals surface area contributed by atoms with Crippen molar-refractivity contribution in [3.8, 4) is 11.4 Å². The van der Waals surface area contributed by atoms with Gasteiger partial charge in [-0.3, -0.25) is 19.8 Å². The van der Waals surface area contributed by atoms with E-state index in [0.717, 1.165) is 34.6 Å². The smallest absolute Gasteiger partial charge is 0.270 e. The fourth-order valence-corrected chi connectivity index (χ4v) is 4.52. The van der Waals surface area contributed by atoms with Gasteiger partial charge < -0.3 is 9.30 Å². The lowest BCUT2D eigenvalue weighted by Crippen LogP contribution is -2.54. The van der Waals surface area contributed by atoms with Gasteiger partial charge >= 0.3 is 0 Å². The number of hydrogen-bond acceptors (Lipinski definition) is 4. The van der Waals surface area contributed by atoms with Crippen LogP contribution in [0.2, 0.25) is 5.02 Å². The van der Waals surface area contributed by atoms with Gasteiger partial charge in [0.05, 0.1) is 18.5 Å². The van der Waals surface area contributed by atoms with E-state index in [0.29, 0.717) is 16.5 Å². The molecular weight excluding hydrogens is 470 g/mol. The fourth-order valence-electron chi connectivity index (χ4n) is 4.07. The predicted molar refractivity (Wildman–Crippen MR) is 139 cm³/mol. The van der Waals surface area contributed by atoms with Crippen LogP contribution in [-0.4, -0.2) is 28.6 Å². The number of aromatic nitrogens is 1. The molecule has 6 nitrogen and oxygen atoms in total. The summed E-state index contributed by atoms with van der Waals surface area (Å²) in [5.41, 5.74) is 4.98. The van der Waals surface area contributed by atoms with Crippen molar-refractivity contribution < 1.29 is 14.3 Å². The lowest BCUT2D eigenvalue weighted by Gasteiger charge is -2.29. The number of ether oxygens (including phenoxy) is 1. The van der Waals surface area contributed by atoms with Crippen LogP contribution >= 0.6 is 23.8 Å². The summed E-state index contributed by atoms with van der Waals surface area (Å²) in [7, 11) is 1.60. The number of benzene rings is 2. The van der Waals surface area contributed by atoms with Crippen molar-refractivity contribution in [2.75, 3.05) is 12.0 Å². The molecule has 1 fully saturated rings. The zero-order chi connectivity index (χ0) is 24.6. The molecule has 0 unspecified atom stereocenters. The number of aryl methyl sites for hydroxylation is 2. The van der Waals surface area contributed by atoms with Crippen molar-refractivity contribution in [1.82, 2.24) is 9.88 Å². The van der Waals surface area contributed by atoms with Crippen LogP contribution in [0.5, 0.6) is 5.75 Å². The molecule has 4 rings (SSSR count). The molecule has 0 atom stereocenters. The van der Waals surface area contributed by atoms with Gasteiger partial charge in [0.15, 0.2) is 5.11 Å². The maximum atomic E-state index is 13.4. The Kier molecular flexibility index (Phi) is 6.59. The van der Waals surface area contributed by atoms with Crippen LogP contribution in [0, 0.1) is 13.8 Å². The third kappa shape index (κ3) is 4.24. The predicted octanol–water partition coefficient (Wildman–Crippen LogP) is 5.15.